The topological polar surface area (TPSA) is 216 Å². The molecule has 2 fully saturated rings. The number of aliphatic carboxylic acids is 1. The van der Waals surface area contributed by atoms with E-state index in [0.29, 0.717) is 17.2 Å². The Balaban J connectivity index is 1.37. The number of nitrogens with zero attached hydrogens (tertiary/aromatic N) is 7. The van der Waals surface area contributed by atoms with Crippen molar-refractivity contribution in [3.8, 4) is 23.0 Å². The molecule has 30 heteroatoms. The number of morpholine rings is 1. The fraction of sp³-hybridized carbons (Fsp3) is 0.422. The molecule has 5 aromatic rings. The van der Waals surface area contributed by atoms with Crippen molar-refractivity contribution in [2.45, 2.75) is 80.8 Å². The highest BCUT2D eigenvalue weighted by Gasteiger charge is 2.68. The number of carboxylic acids is 1. The lowest BCUT2D eigenvalue weighted by atomic mass is 9.93. The molecule has 1 aliphatic heterocycles. The molecule has 17 nitrogen and oxygen atoms in total. The zero-order valence-corrected chi connectivity index (χ0v) is 41.5. The van der Waals surface area contributed by atoms with Crippen LogP contribution < -0.4 is 9.62 Å². The number of carbonyl (C=O) groups excluding carboxylic acids is 2. The number of halogens is 11. The number of urea groups is 1. The molecule has 0 unspecified atom stereocenters. The highest BCUT2D eigenvalue weighted by atomic mass is 35.5. The van der Waals surface area contributed by atoms with Gasteiger partial charge in [0.2, 0.25) is 15.9 Å². The van der Waals surface area contributed by atoms with Gasteiger partial charge in [-0.25, -0.2) is 40.2 Å². The highest BCUT2D eigenvalue weighted by molar-refractivity contribution is 7.93. The predicted molar refractivity (Wildman–Crippen MR) is 244 cm³/mol. The van der Waals surface area contributed by atoms with Crippen LogP contribution in [0.3, 0.4) is 0 Å². The van der Waals surface area contributed by atoms with Gasteiger partial charge in [0, 0.05) is 41.5 Å². The number of hydrogen-bond donors (Lipinski definition) is 2. The molecule has 0 spiro atoms. The second-order valence-electron chi connectivity index (χ2n) is 18.4. The van der Waals surface area contributed by atoms with Crippen molar-refractivity contribution in [2.75, 3.05) is 36.6 Å². The van der Waals surface area contributed by atoms with E-state index in [2.05, 4.69) is 32.3 Å². The maximum absolute atomic E-state index is 15.6. The average Bonchev–Trinajstić information content (AvgIpc) is 3.79. The fourth-order valence-corrected chi connectivity index (χ4v) is 10.2. The lowest BCUT2D eigenvalue weighted by Gasteiger charge is -2.35. The van der Waals surface area contributed by atoms with E-state index in [1.807, 2.05) is 0 Å². The normalized spacial score (nSPS) is 19.0. The molecular weight excluding hydrogens is 1090 g/mol. The minimum atomic E-state index is -5.24. The molecule has 0 bridgehead atoms. The van der Waals surface area contributed by atoms with Crippen LogP contribution in [0.1, 0.15) is 66.1 Å². The van der Waals surface area contributed by atoms with Crippen molar-refractivity contribution < 1.29 is 85.0 Å². The number of fused-ring (bicyclic) bond motifs is 4. The van der Waals surface area contributed by atoms with Crippen molar-refractivity contribution in [1.82, 2.24) is 34.8 Å². The Hall–Kier alpha value is -6.51. The number of carboxylic acid groups (broad SMARTS) is 1. The zero-order valence-electron chi connectivity index (χ0n) is 39.1. The molecule has 3 aliphatic rings. The minimum absolute atomic E-state index is 0.0642. The van der Waals surface area contributed by atoms with E-state index < -0.39 is 179 Å². The van der Waals surface area contributed by atoms with Crippen LogP contribution in [-0.4, -0.2) is 119 Å². The second kappa shape index (κ2) is 18.9. The van der Waals surface area contributed by atoms with Gasteiger partial charge in [-0.2, -0.15) is 49.6 Å². The maximum Gasteiger partial charge on any atom is 0.435 e. The van der Waals surface area contributed by atoms with Gasteiger partial charge in [-0.1, -0.05) is 23.6 Å². The summed E-state index contributed by atoms with van der Waals surface area (Å²) in [6.07, 6.45) is -10.1. The molecule has 4 atom stereocenters. The smallest absolute Gasteiger partial charge is 0.435 e. The number of aromatic nitrogens is 5. The summed E-state index contributed by atoms with van der Waals surface area (Å²) < 4.78 is 204. The SMILES string of the molecule is CC(C)(C#Cc1ccc(-c2ccc(Cl)c3c(N(C(=O)N4CCOC[C@H]4C(=O)O)S(C)(=O)=O)nn(CC(F)(F)F)c23)c([C@H](Cc2cc(F)cc(F)c2)NC(=O)Cn2nc(C(F)(F)F)c3c2C(F)(F)[C@@H]2C[C@H]32)n1)S(C)(=O)=O. The van der Waals surface area contributed by atoms with E-state index >= 15 is 8.78 Å². The number of benzene rings is 2. The quantitative estimate of drug-likeness (QED) is 0.0958. The van der Waals surface area contributed by atoms with Crippen molar-refractivity contribution in [1.29, 1.82) is 0 Å². The standard InChI is InChI=1S/C45H39ClF10N8O9S2/c1-42(2,74(3,69)70)10-9-24-5-6-25(26-7-8-29(46)34-36(26)63(20-43(49,50)51)60-39(34)64(75(4,71)72)41(68)61-11-12-73-19-31(61)40(66)67)35(57-24)30(15-21-13-22(47)16-23(48)14-21)58-32(65)18-62-38-33(37(59-62)45(54,55)56)27-17-28(27)44(38,52)53/h5-8,13-14,16,27-28,30-31H,11-12,15,17-20H2,1-4H3,(H,58,65)(H,66,67)/t27-,28+,30-,31-/m0/s1. The molecule has 0 radical (unpaired) electrons. The molecule has 8 rings (SSSR count). The summed E-state index contributed by atoms with van der Waals surface area (Å²) in [5.41, 5.74) is -6.24. The van der Waals surface area contributed by atoms with Gasteiger partial charge in [0.15, 0.2) is 27.4 Å². The number of pyridine rings is 1. The molecule has 2 N–H and O–H groups in total. The van der Waals surface area contributed by atoms with Gasteiger partial charge in [-0.15, -0.1) is 0 Å². The Labute approximate surface area is 423 Å². The third kappa shape index (κ3) is 10.7. The van der Waals surface area contributed by atoms with Crippen LogP contribution in [0.2, 0.25) is 5.02 Å². The summed E-state index contributed by atoms with van der Waals surface area (Å²) >= 11 is 6.66. The van der Waals surface area contributed by atoms with Crippen molar-refractivity contribution in [3.63, 3.8) is 0 Å². The van der Waals surface area contributed by atoms with Crippen LogP contribution in [0.15, 0.2) is 42.5 Å². The summed E-state index contributed by atoms with van der Waals surface area (Å²) in [4.78, 5) is 45.7. The Morgan fingerprint density at radius 3 is 2.23 bits per heavy atom. The summed E-state index contributed by atoms with van der Waals surface area (Å²) in [7, 11) is -8.93. The number of carbonyl (C=O) groups is 3. The first-order chi connectivity index (χ1) is 34.6. The number of sulfone groups is 1. The van der Waals surface area contributed by atoms with Gasteiger partial charge < -0.3 is 20.1 Å². The molecule has 2 aromatic carbocycles. The van der Waals surface area contributed by atoms with Gasteiger partial charge in [-0.05, 0) is 74.4 Å². The Morgan fingerprint density at radius 2 is 1.63 bits per heavy atom. The van der Waals surface area contributed by atoms with E-state index in [1.165, 1.54) is 13.8 Å². The molecule has 1 saturated carbocycles. The summed E-state index contributed by atoms with van der Waals surface area (Å²) in [5.74, 6) is -7.94. The first-order valence-electron chi connectivity index (χ1n) is 22.0. The maximum atomic E-state index is 15.6. The highest BCUT2D eigenvalue weighted by Crippen LogP contribution is 2.68. The average molecular weight is 1130 g/mol. The molecule has 4 heterocycles. The summed E-state index contributed by atoms with van der Waals surface area (Å²) in [6.45, 7) is -2.38. The van der Waals surface area contributed by atoms with Gasteiger partial charge in [-0.3, -0.25) is 14.2 Å². The Kier molecular flexibility index (Phi) is 13.8. The van der Waals surface area contributed by atoms with Crippen LogP contribution in [0.4, 0.5) is 54.5 Å². The van der Waals surface area contributed by atoms with E-state index in [9.17, 15) is 71.4 Å². The molecule has 75 heavy (non-hydrogen) atoms. The number of ether oxygens (including phenoxy) is 1. The van der Waals surface area contributed by atoms with Crippen LogP contribution >= 0.6 is 11.6 Å². The van der Waals surface area contributed by atoms with Gasteiger partial charge in [0.05, 0.1) is 47.1 Å². The number of anilines is 1. The summed E-state index contributed by atoms with van der Waals surface area (Å²) in [6, 6.07) is 1.12. The van der Waals surface area contributed by atoms with Crippen LogP contribution in [-0.2, 0) is 65.8 Å². The lowest BCUT2D eigenvalue weighted by Crippen LogP contribution is -2.57. The monoisotopic (exact) mass is 1120 g/mol. The first kappa shape index (κ1) is 54.7. The lowest BCUT2D eigenvalue weighted by molar-refractivity contribution is -0.147. The van der Waals surface area contributed by atoms with Crippen molar-refractivity contribution in [3.05, 3.63) is 93.0 Å². The van der Waals surface area contributed by atoms with E-state index in [4.69, 9.17) is 16.3 Å². The third-order valence-electron chi connectivity index (χ3n) is 12.7. The molecule has 402 valence electrons. The van der Waals surface area contributed by atoms with E-state index in [-0.39, 0.29) is 43.5 Å². The van der Waals surface area contributed by atoms with E-state index in [0.717, 1.165) is 42.7 Å². The van der Waals surface area contributed by atoms with Crippen LogP contribution in [0, 0.1) is 29.4 Å². The van der Waals surface area contributed by atoms with Crippen molar-refractivity contribution in [2.24, 2.45) is 5.92 Å². The fourth-order valence-electron chi connectivity index (χ4n) is 8.94. The summed E-state index contributed by atoms with van der Waals surface area (Å²) in [5, 5.41) is 18.4. The minimum Gasteiger partial charge on any atom is -0.480 e. The molecule has 2 aliphatic carbocycles. The number of sulfonamides is 1. The number of amides is 3. The second-order valence-corrected chi connectivity index (χ2v) is 23.3. The van der Waals surface area contributed by atoms with Crippen molar-refractivity contribution >= 4 is 66.1 Å². The number of alkyl halides is 8. The predicted octanol–water partition coefficient (Wildman–Crippen LogP) is 6.96. The molecule has 1 saturated heterocycles. The Bertz CT molecular complexity index is 3480. The number of rotatable bonds is 12. The largest absolute Gasteiger partial charge is 0.480 e. The van der Waals surface area contributed by atoms with Crippen LogP contribution in [0.5, 0.6) is 0 Å². The van der Waals surface area contributed by atoms with Gasteiger partial charge >= 0.3 is 24.4 Å². The number of nitrogens with one attached hydrogen (secondary N) is 1. The third-order valence-corrected chi connectivity index (χ3v) is 15.9. The Morgan fingerprint density at radius 1 is 0.973 bits per heavy atom. The first-order valence-corrected chi connectivity index (χ1v) is 26.1. The van der Waals surface area contributed by atoms with Gasteiger partial charge in [0.25, 0.3) is 5.92 Å². The molecular formula is C45H39ClF10N8O9S2. The van der Waals surface area contributed by atoms with Crippen LogP contribution in [0.25, 0.3) is 22.0 Å². The van der Waals surface area contributed by atoms with Gasteiger partial charge in [0.1, 0.15) is 40.9 Å². The number of hydrogen-bond acceptors (Lipinski definition) is 11. The molecule has 3 aromatic heterocycles. The molecule has 3 amide bonds. The zero-order chi connectivity index (χ0) is 55.3. The van der Waals surface area contributed by atoms with E-state index in [1.54, 1.807) is 0 Å².